The molecule has 3 aliphatic rings. The summed E-state index contributed by atoms with van der Waals surface area (Å²) in [4.78, 5) is 17.5. The lowest BCUT2D eigenvalue weighted by molar-refractivity contribution is 0.0369. The second-order valence-electron chi connectivity index (χ2n) is 9.70. The molecule has 0 aromatic carbocycles. The van der Waals surface area contributed by atoms with Crippen LogP contribution in [0.2, 0.25) is 0 Å². The van der Waals surface area contributed by atoms with E-state index in [2.05, 4.69) is 43.9 Å². The van der Waals surface area contributed by atoms with Crippen molar-refractivity contribution in [3.8, 4) is 0 Å². The Hall–Kier alpha value is -1.90. The maximum absolute atomic E-state index is 5.48. The first-order chi connectivity index (χ1) is 15.8. The first kappa shape index (κ1) is 21.9. The summed E-state index contributed by atoms with van der Waals surface area (Å²) in [5.74, 6) is 1.93. The summed E-state index contributed by atoms with van der Waals surface area (Å²) in [6, 6.07) is 2.70. The number of nitrogens with zero attached hydrogens (tertiary/aromatic N) is 6. The largest absolute Gasteiger partial charge is 0.379 e. The number of aromatic nitrogens is 3. The van der Waals surface area contributed by atoms with E-state index in [1.54, 1.807) is 0 Å². The van der Waals surface area contributed by atoms with E-state index in [1.807, 2.05) is 0 Å². The Bertz CT molecular complexity index is 865. The summed E-state index contributed by atoms with van der Waals surface area (Å²) in [6.45, 7) is 10.4. The zero-order chi connectivity index (χ0) is 21.8. The van der Waals surface area contributed by atoms with E-state index in [-0.39, 0.29) is 0 Å². The fraction of sp³-hybridized carbons (Fsp3) is 0.750. The van der Waals surface area contributed by atoms with Gasteiger partial charge in [-0.05, 0) is 64.7 Å². The van der Waals surface area contributed by atoms with Crippen molar-refractivity contribution in [2.75, 3.05) is 76.3 Å². The van der Waals surface area contributed by atoms with Crippen LogP contribution in [-0.2, 0) is 11.3 Å². The highest BCUT2D eigenvalue weighted by Gasteiger charge is 2.22. The molecule has 0 aliphatic carbocycles. The second-order valence-corrected chi connectivity index (χ2v) is 9.70. The zero-order valence-electron chi connectivity index (χ0n) is 19.6. The number of likely N-dealkylation sites (tertiary alicyclic amines) is 1. The number of nitrogens with one attached hydrogen (secondary N) is 1. The summed E-state index contributed by atoms with van der Waals surface area (Å²) in [7, 11) is 2.21. The Balaban J connectivity index is 1.35. The van der Waals surface area contributed by atoms with E-state index >= 15 is 0 Å². The minimum Gasteiger partial charge on any atom is -0.379 e. The molecule has 5 rings (SSSR count). The van der Waals surface area contributed by atoms with Crippen LogP contribution in [0.5, 0.6) is 0 Å². The predicted molar refractivity (Wildman–Crippen MR) is 130 cm³/mol. The molecule has 0 unspecified atom stereocenters. The molecule has 176 valence electrons. The lowest BCUT2D eigenvalue weighted by atomic mass is 10.1. The van der Waals surface area contributed by atoms with Gasteiger partial charge in [0, 0.05) is 51.5 Å². The molecule has 2 aromatic heterocycles. The molecule has 8 nitrogen and oxygen atoms in total. The van der Waals surface area contributed by atoms with Crippen LogP contribution < -0.4 is 10.2 Å². The van der Waals surface area contributed by atoms with Gasteiger partial charge >= 0.3 is 0 Å². The molecule has 0 saturated carbocycles. The highest BCUT2D eigenvalue weighted by molar-refractivity contribution is 5.89. The van der Waals surface area contributed by atoms with Gasteiger partial charge in [0.25, 0.3) is 0 Å². The first-order valence-electron chi connectivity index (χ1n) is 12.6. The SMILES string of the molecule is CN1CCC(Nc2nc(N3CCCCC3)nc3c2ccn3CCCN2CCOCC2)CC1. The molecule has 3 aliphatic heterocycles. The maximum Gasteiger partial charge on any atom is 0.229 e. The fourth-order valence-electron chi connectivity index (χ4n) is 5.22. The molecule has 32 heavy (non-hydrogen) atoms. The summed E-state index contributed by atoms with van der Waals surface area (Å²) in [5, 5.41) is 4.97. The number of rotatable bonds is 7. The van der Waals surface area contributed by atoms with Crippen LogP contribution in [0.15, 0.2) is 12.3 Å². The number of fused-ring (bicyclic) bond motifs is 1. The highest BCUT2D eigenvalue weighted by Crippen LogP contribution is 2.28. The summed E-state index contributed by atoms with van der Waals surface area (Å²) in [5.41, 5.74) is 1.08. The van der Waals surface area contributed by atoms with Gasteiger partial charge in [0.1, 0.15) is 11.5 Å². The fourth-order valence-corrected chi connectivity index (χ4v) is 5.22. The Morgan fingerprint density at radius 3 is 2.53 bits per heavy atom. The van der Waals surface area contributed by atoms with Gasteiger partial charge in [-0.2, -0.15) is 9.97 Å². The second kappa shape index (κ2) is 10.4. The van der Waals surface area contributed by atoms with E-state index in [0.717, 1.165) is 94.8 Å². The normalized spacial score (nSPS) is 22.0. The molecule has 0 radical (unpaired) electrons. The monoisotopic (exact) mass is 441 g/mol. The maximum atomic E-state index is 5.48. The van der Waals surface area contributed by atoms with E-state index in [1.165, 1.54) is 32.1 Å². The Morgan fingerprint density at radius 2 is 1.75 bits per heavy atom. The summed E-state index contributed by atoms with van der Waals surface area (Å²) < 4.78 is 7.82. The third-order valence-corrected chi connectivity index (χ3v) is 7.28. The predicted octanol–water partition coefficient (Wildman–Crippen LogP) is 2.65. The molecule has 0 bridgehead atoms. The van der Waals surface area contributed by atoms with Gasteiger partial charge in [0.2, 0.25) is 5.95 Å². The number of morpholine rings is 1. The van der Waals surface area contributed by atoms with Crippen molar-refractivity contribution in [3.05, 3.63) is 12.3 Å². The molecule has 1 N–H and O–H groups in total. The summed E-state index contributed by atoms with van der Waals surface area (Å²) in [6.07, 6.45) is 9.46. The van der Waals surface area contributed by atoms with Gasteiger partial charge in [-0.15, -0.1) is 0 Å². The number of aryl methyl sites for hydroxylation is 1. The van der Waals surface area contributed by atoms with Crippen molar-refractivity contribution in [1.82, 2.24) is 24.3 Å². The lowest BCUT2D eigenvalue weighted by Gasteiger charge is -2.31. The molecule has 0 atom stereocenters. The zero-order valence-corrected chi connectivity index (χ0v) is 19.6. The van der Waals surface area contributed by atoms with Crippen LogP contribution in [-0.4, -0.2) is 96.5 Å². The molecular formula is C24H39N7O. The van der Waals surface area contributed by atoms with Crippen LogP contribution in [0, 0.1) is 0 Å². The summed E-state index contributed by atoms with van der Waals surface area (Å²) >= 11 is 0. The number of ether oxygens (including phenoxy) is 1. The number of piperidine rings is 2. The first-order valence-corrected chi connectivity index (χ1v) is 12.6. The molecule has 0 spiro atoms. The van der Waals surface area contributed by atoms with E-state index in [0.29, 0.717) is 6.04 Å². The Labute approximate surface area is 191 Å². The van der Waals surface area contributed by atoms with Crippen LogP contribution in [0.1, 0.15) is 38.5 Å². The van der Waals surface area contributed by atoms with Gasteiger partial charge < -0.3 is 24.4 Å². The molecule has 8 heteroatoms. The average molecular weight is 442 g/mol. The molecule has 3 fully saturated rings. The van der Waals surface area contributed by atoms with Gasteiger partial charge in [0.15, 0.2) is 0 Å². The number of hydrogen-bond donors (Lipinski definition) is 1. The minimum absolute atomic E-state index is 0.489. The van der Waals surface area contributed by atoms with Gasteiger partial charge in [0.05, 0.1) is 18.6 Å². The molecule has 5 heterocycles. The van der Waals surface area contributed by atoms with Crippen LogP contribution in [0.25, 0.3) is 11.0 Å². The highest BCUT2D eigenvalue weighted by atomic mass is 16.5. The van der Waals surface area contributed by atoms with Crippen LogP contribution in [0.3, 0.4) is 0 Å². The number of hydrogen-bond acceptors (Lipinski definition) is 7. The molecule has 3 saturated heterocycles. The van der Waals surface area contributed by atoms with E-state index in [4.69, 9.17) is 14.7 Å². The van der Waals surface area contributed by atoms with E-state index < -0.39 is 0 Å². The van der Waals surface area contributed by atoms with Crippen molar-refractivity contribution < 1.29 is 4.74 Å². The molecule has 0 amide bonds. The van der Waals surface area contributed by atoms with Crippen molar-refractivity contribution in [3.63, 3.8) is 0 Å². The Kier molecular flexibility index (Phi) is 7.10. The van der Waals surface area contributed by atoms with Crippen molar-refractivity contribution >= 4 is 22.8 Å². The minimum atomic E-state index is 0.489. The third-order valence-electron chi connectivity index (χ3n) is 7.28. The smallest absolute Gasteiger partial charge is 0.229 e. The Morgan fingerprint density at radius 1 is 0.969 bits per heavy atom. The quantitative estimate of drug-likeness (QED) is 0.709. The topological polar surface area (TPSA) is 61.7 Å². The third kappa shape index (κ3) is 5.18. The standard InChI is InChI=1S/C24H39N7O/c1-28-13-6-20(7-14-28)25-22-21-8-15-30(12-5-9-29-16-18-32-19-17-29)23(21)27-24(26-22)31-10-3-2-4-11-31/h8,15,20H,2-7,9-14,16-19H2,1H3,(H,25,26,27). The van der Waals surface area contributed by atoms with Gasteiger partial charge in [-0.3, -0.25) is 4.90 Å². The lowest BCUT2D eigenvalue weighted by Crippen LogP contribution is -2.37. The van der Waals surface area contributed by atoms with Crippen molar-refractivity contribution in [2.45, 2.75) is 51.1 Å². The van der Waals surface area contributed by atoms with Crippen LogP contribution in [0.4, 0.5) is 11.8 Å². The van der Waals surface area contributed by atoms with Crippen molar-refractivity contribution in [1.29, 1.82) is 0 Å². The number of anilines is 2. The van der Waals surface area contributed by atoms with Crippen LogP contribution >= 0.6 is 0 Å². The average Bonchev–Trinajstić information content (AvgIpc) is 3.25. The van der Waals surface area contributed by atoms with Gasteiger partial charge in [-0.25, -0.2) is 0 Å². The van der Waals surface area contributed by atoms with Crippen molar-refractivity contribution in [2.24, 2.45) is 0 Å². The van der Waals surface area contributed by atoms with E-state index in [9.17, 15) is 0 Å². The molecular weight excluding hydrogens is 402 g/mol. The molecule has 2 aromatic rings. The van der Waals surface area contributed by atoms with Gasteiger partial charge in [-0.1, -0.05) is 0 Å².